The predicted molar refractivity (Wildman–Crippen MR) is 190 cm³/mol. The monoisotopic (exact) mass is 623 g/mol. The first-order valence-electron chi connectivity index (χ1n) is 19.9. The van der Waals surface area contributed by atoms with E-state index in [0.717, 1.165) is 64.2 Å². The van der Waals surface area contributed by atoms with Crippen LogP contribution in [0, 0.1) is 11.8 Å². The van der Waals surface area contributed by atoms with Gasteiger partial charge in [-0.25, -0.2) is 0 Å². The normalized spacial score (nSPS) is 12.7. The summed E-state index contributed by atoms with van der Waals surface area (Å²) in [6.45, 7) is 9.69. The van der Waals surface area contributed by atoms with Crippen molar-refractivity contribution in [2.45, 2.75) is 220 Å². The highest BCUT2D eigenvalue weighted by atomic mass is 16.5. The number of unbranched alkanes of at least 4 members (excludes halogenated alkanes) is 24. The van der Waals surface area contributed by atoms with Gasteiger partial charge in [-0.2, -0.15) is 0 Å². The lowest BCUT2D eigenvalue weighted by molar-refractivity contribution is -0.161. The van der Waals surface area contributed by atoms with Gasteiger partial charge in [0.25, 0.3) is 0 Å². The maximum Gasteiger partial charge on any atom is 0.309 e. The van der Waals surface area contributed by atoms with Crippen LogP contribution < -0.4 is 0 Å². The highest BCUT2D eigenvalue weighted by Crippen LogP contribution is 2.28. The van der Waals surface area contributed by atoms with Gasteiger partial charge in [-0.1, -0.05) is 195 Å². The van der Waals surface area contributed by atoms with Gasteiger partial charge in [0.2, 0.25) is 0 Å². The Morgan fingerprint density at radius 2 is 0.568 bits per heavy atom. The Morgan fingerprint density at radius 3 is 0.818 bits per heavy atom. The lowest BCUT2D eigenvalue weighted by Crippen LogP contribution is -2.33. The van der Waals surface area contributed by atoms with Gasteiger partial charge in [0.1, 0.15) is 0 Å². The highest BCUT2D eigenvalue weighted by Gasteiger charge is 2.35. The molecule has 0 aliphatic heterocycles. The van der Waals surface area contributed by atoms with Gasteiger partial charge < -0.3 is 9.47 Å². The molecule has 0 heterocycles. The molecule has 2 unspecified atom stereocenters. The van der Waals surface area contributed by atoms with Crippen molar-refractivity contribution >= 4 is 11.9 Å². The summed E-state index contributed by atoms with van der Waals surface area (Å²) in [5, 5.41) is 0. The molecule has 0 aromatic rings. The molecule has 0 saturated heterocycles. The predicted octanol–water partition coefficient (Wildman–Crippen LogP) is 13.1. The van der Waals surface area contributed by atoms with Crippen molar-refractivity contribution in [2.24, 2.45) is 11.8 Å². The summed E-state index contributed by atoms with van der Waals surface area (Å²) in [6, 6.07) is 0. The second kappa shape index (κ2) is 34.8. The Kier molecular flexibility index (Phi) is 34.0. The first kappa shape index (κ1) is 42.9. The van der Waals surface area contributed by atoms with Crippen LogP contribution in [0.25, 0.3) is 0 Å². The van der Waals surface area contributed by atoms with E-state index in [1.807, 2.05) is 0 Å². The first-order valence-corrected chi connectivity index (χ1v) is 19.9. The van der Waals surface area contributed by atoms with Crippen LogP contribution in [-0.2, 0) is 19.1 Å². The average molecular weight is 623 g/mol. The van der Waals surface area contributed by atoms with Crippen molar-refractivity contribution in [3.05, 3.63) is 0 Å². The Labute approximate surface area is 276 Å². The van der Waals surface area contributed by atoms with Gasteiger partial charge in [0, 0.05) is 0 Å². The maximum absolute atomic E-state index is 13.3. The van der Waals surface area contributed by atoms with E-state index in [-0.39, 0.29) is 23.8 Å². The third-order valence-electron chi connectivity index (χ3n) is 9.31. The molecule has 0 spiro atoms. The van der Waals surface area contributed by atoms with Gasteiger partial charge in [-0.3, -0.25) is 9.59 Å². The minimum absolute atomic E-state index is 0.169. The maximum atomic E-state index is 13.3. The molecule has 0 amide bonds. The molecule has 0 aromatic carbocycles. The van der Waals surface area contributed by atoms with Gasteiger partial charge in [-0.05, 0) is 25.7 Å². The fourth-order valence-corrected chi connectivity index (χ4v) is 6.23. The minimum atomic E-state index is -0.364. The van der Waals surface area contributed by atoms with Crippen molar-refractivity contribution in [2.75, 3.05) is 13.2 Å². The molecule has 0 rings (SSSR count). The molecular formula is C40H78O4. The highest BCUT2D eigenvalue weighted by molar-refractivity contribution is 5.82. The molecule has 44 heavy (non-hydrogen) atoms. The molecule has 4 heteroatoms. The number of rotatable bonds is 35. The fourth-order valence-electron chi connectivity index (χ4n) is 6.23. The SMILES string of the molecule is CCCCCCCCCCCCCCC(C(=O)OCCCC)C(CCCCCCCCCCCCCC)C(=O)OCCCC. The van der Waals surface area contributed by atoms with Crippen molar-refractivity contribution < 1.29 is 19.1 Å². The second-order valence-electron chi connectivity index (χ2n) is 13.6. The largest absolute Gasteiger partial charge is 0.465 e. The topological polar surface area (TPSA) is 52.6 Å². The third kappa shape index (κ3) is 27.3. The Morgan fingerprint density at radius 1 is 0.341 bits per heavy atom. The standard InChI is InChI=1S/C40H78O4/c1-5-9-13-15-17-19-21-23-25-27-29-31-33-37(39(41)43-35-11-7-3)38(40(42)44-36-12-8-4)34-32-30-28-26-24-22-20-18-16-14-10-6-2/h37-38H,5-36H2,1-4H3. The fraction of sp³-hybridized carbons (Fsp3) is 0.950. The molecule has 0 aliphatic carbocycles. The zero-order valence-corrected chi connectivity index (χ0v) is 30.4. The number of carbonyl (C=O) groups is 2. The Hall–Kier alpha value is -1.06. The van der Waals surface area contributed by atoms with Crippen molar-refractivity contribution in [3.8, 4) is 0 Å². The molecule has 262 valence electrons. The van der Waals surface area contributed by atoms with Gasteiger partial charge >= 0.3 is 11.9 Å². The lowest BCUT2D eigenvalue weighted by atomic mass is 9.83. The van der Waals surface area contributed by atoms with E-state index in [4.69, 9.17) is 9.47 Å². The van der Waals surface area contributed by atoms with E-state index < -0.39 is 0 Å². The molecule has 0 aromatic heterocycles. The van der Waals surface area contributed by atoms with E-state index in [1.165, 1.54) is 128 Å². The molecule has 0 fully saturated rings. The van der Waals surface area contributed by atoms with Gasteiger partial charge in [0.15, 0.2) is 0 Å². The summed E-state index contributed by atoms with van der Waals surface area (Å²) in [7, 11) is 0. The van der Waals surface area contributed by atoms with Crippen LogP contribution in [0.1, 0.15) is 220 Å². The van der Waals surface area contributed by atoms with Crippen LogP contribution in [0.2, 0.25) is 0 Å². The first-order chi connectivity index (χ1) is 21.6. The summed E-state index contributed by atoms with van der Waals surface area (Å²) in [6.07, 6.45) is 36.3. The van der Waals surface area contributed by atoms with Crippen LogP contribution in [0.5, 0.6) is 0 Å². The third-order valence-corrected chi connectivity index (χ3v) is 9.31. The van der Waals surface area contributed by atoms with E-state index in [1.54, 1.807) is 0 Å². The summed E-state index contributed by atoms with van der Waals surface area (Å²) in [5.74, 6) is -1.07. The Bertz CT molecular complexity index is 552. The molecule has 0 bridgehead atoms. The van der Waals surface area contributed by atoms with Crippen LogP contribution in [-0.4, -0.2) is 25.2 Å². The van der Waals surface area contributed by atoms with Crippen molar-refractivity contribution in [1.82, 2.24) is 0 Å². The van der Waals surface area contributed by atoms with Gasteiger partial charge in [0.05, 0.1) is 25.0 Å². The van der Waals surface area contributed by atoms with E-state index in [9.17, 15) is 9.59 Å². The van der Waals surface area contributed by atoms with Crippen LogP contribution in [0.4, 0.5) is 0 Å². The summed E-state index contributed by atoms with van der Waals surface area (Å²) >= 11 is 0. The summed E-state index contributed by atoms with van der Waals surface area (Å²) in [5.41, 5.74) is 0. The summed E-state index contributed by atoms with van der Waals surface area (Å²) < 4.78 is 11.5. The Balaban J connectivity index is 4.71. The van der Waals surface area contributed by atoms with E-state index >= 15 is 0 Å². The molecule has 4 nitrogen and oxygen atoms in total. The smallest absolute Gasteiger partial charge is 0.309 e. The minimum Gasteiger partial charge on any atom is -0.465 e. The quantitative estimate of drug-likeness (QED) is 0.0521. The molecule has 0 aliphatic rings. The average Bonchev–Trinajstić information content (AvgIpc) is 3.02. The van der Waals surface area contributed by atoms with Crippen molar-refractivity contribution in [1.29, 1.82) is 0 Å². The molecular weight excluding hydrogens is 544 g/mol. The lowest BCUT2D eigenvalue weighted by Gasteiger charge is -2.25. The van der Waals surface area contributed by atoms with Crippen LogP contribution in [0.15, 0.2) is 0 Å². The molecule has 2 atom stereocenters. The van der Waals surface area contributed by atoms with E-state index in [2.05, 4.69) is 27.7 Å². The number of esters is 2. The van der Waals surface area contributed by atoms with Crippen LogP contribution >= 0.6 is 0 Å². The van der Waals surface area contributed by atoms with Crippen molar-refractivity contribution in [3.63, 3.8) is 0 Å². The zero-order chi connectivity index (χ0) is 32.4. The van der Waals surface area contributed by atoms with Gasteiger partial charge in [-0.15, -0.1) is 0 Å². The molecule has 0 saturated carbocycles. The summed E-state index contributed by atoms with van der Waals surface area (Å²) in [4.78, 5) is 26.6. The second-order valence-corrected chi connectivity index (χ2v) is 13.6. The molecule has 0 radical (unpaired) electrons. The van der Waals surface area contributed by atoms with Crippen LogP contribution in [0.3, 0.4) is 0 Å². The molecule has 0 N–H and O–H groups in total. The zero-order valence-electron chi connectivity index (χ0n) is 30.4. The van der Waals surface area contributed by atoms with E-state index in [0.29, 0.717) is 13.2 Å². The number of carbonyl (C=O) groups excluding carboxylic acids is 2. The number of hydrogen-bond donors (Lipinski definition) is 0. The number of hydrogen-bond acceptors (Lipinski definition) is 4. The number of ether oxygens (including phenoxy) is 2.